The second-order valence-corrected chi connectivity index (χ2v) is 7.52. The standard InChI is InChI=1S/C21H28N4S/c1-3-22-21(23-15-17(2)20-10-7-13-26-20)24-16-18-8-6-9-19(14-18)25-11-4-5-12-25/h4-10,13-14,17H,3,11-12,15-16H2,1-2H3,(H2,22,23,24). The van der Waals surface area contributed by atoms with Gasteiger partial charge in [0.15, 0.2) is 5.96 Å². The van der Waals surface area contributed by atoms with Crippen LogP contribution in [0.3, 0.4) is 0 Å². The largest absolute Gasteiger partial charge is 0.364 e. The highest BCUT2D eigenvalue weighted by Crippen LogP contribution is 2.20. The molecule has 4 nitrogen and oxygen atoms in total. The molecule has 1 aromatic heterocycles. The smallest absolute Gasteiger partial charge is 0.191 e. The van der Waals surface area contributed by atoms with Gasteiger partial charge in [0.1, 0.15) is 0 Å². The second kappa shape index (κ2) is 9.43. The molecule has 0 saturated carbocycles. The van der Waals surface area contributed by atoms with Crippen LogP contribution in [0.15, 0.2) is 58.9 Å². The van der Waals surface area contributed by atoms with Gasteiger partial charge in [0.05, 0.1) is 6.54 Å². The number of aliphatic imine (C=N–C) groups is 1. The van der Waals surface area contributed by atoms with Gasteiger partial charge in [0.2, 0.25) is 0 Å². The van der Waals surface area contributed by atoms with E-state index < -0.39 is 0 Å². The van der Waals surface area contributed by atoms with Gasteiger partial charge in [0, 0.05) is 42.7 Å². The van der Waals surface area contributed by atoms with Gasteiger partial charge in [-0.1, -0.05) is 37.3 Å². The molecule has 0 aliphatic carbocycles. The summed E-state index contributed by atoms with van der Waals surface area (Å²) in [5.74, 6) is 1.36. The first-order chi connectivity index (χ1) is 12.8. The zero-order valence-corrected chi connectivity index (χ0v) is 16.4. The lowest BCUT2D eigenvalue weighted by Crippen LogP contribution is -2.39. The Balaban J connectivity index is 1.59. The van der Waals surface area contributed by atoms with Crippen LogP contribution in [0.2, 0.25) is 0 Å². The molecule has 1 aliphatic heterocycles. The summed E-state index contributed by atoms with van der Waals surface area (Å²) in [4.78, 5) is 8.53. The van der Waals surface area contributed by atoms with Crippen molar-refractivity contribution in [1.29, 1.82) is 0 Å². The minimum atomic E-state index is 0.477. The zero-order chi connectivity index (χ0) is 18.2. The quantitative estimate of drug-likeness (QED) is 0.441. The van der Waals surface area contributed by atoms with Crippen molar-refractivity contribution < 1.29 is 0 Å². The number of thiophene rings is 1. The van der Waals surface area contributed by atoms with Crippen LogP contribution in [0.1, 0.15) is 30.2 Å². The molecule has 138 valence electrons. The van der Waals surface area contributed by atoms with Crippen molar-refractivity contribution in [2.75, 3.05) is 31.1 Å². The predicted octanol–water partition coefficient (Wildman–Crippen LogP) is 3.98. The zero-order valence-electron chi connectivity index (χ0n) is 15.6. The molecule has 2 N–H and O–H groups in total. The fourth-order valence-electron chi connectivity index (χ4n) is 2.97. The van der Waals surface area contributed by atoms with Crippen LogP contribution in [-0.2, 0) is 6.54 Å². The fourth-order valence-corrected chi connectivity index (χ4v) is 3.76. The van der Waals surface area contributed by atoms with Crippen molar-refractivity contribution in [1.82, 2.24) is 10.6 Å². The molecule has 3 rings (SSSR count). The van der Waals surface area contributed by atoms with E-state index in [2.05, 4.69) is 83.3 Å². The predicted molar refractivity (Wildman–Crippen MR) is 113 cm³/mol. The highest BCUT2D eigenvalue weighted by atomic mass is 32.1. The molecule has 0 fully saturated rings. The molecule has 0 amide bonds. The molecule has 26 heavy (non-hydrogen) atoms. The molecule has 2 aromatic rings. The Morgan fingerprint density at radius 1 is 1.19 bits per heavy atom. The Labute approximate surface area is 160 Å². The average Bonchev–Trinajstić information content (AvgIpc) is 3.38. The van der Waals surface area contributed by atoms with E-state index in [1.54, 1.807) is 0 Å². The molecule has 1 atom stereocenters. The van der Waals surface area contributed by atoms with E-state index in [9.17, 15) is 0 Å². The van der Waals surface area contributed by atoms with E-state index in [1.807, 2.05) is 11.3 Å². The van der Waals surface area contributed by atoms with E-state index in [0.29, 0.717) is 12.5 Å². The number of nitrogens with zero attached hydrogens (tertiary/aromatic N) is 2. The lowest BCUT2D eigenvalue weighted by molar-refractivity contribution is 0.709. The number of anilines is 1. The molecule has 0 saturated heterocycles. The summed E-state index contributed by atoms with van der Waals surface area (Å²) in [6.07, 6.45) is 4.43. The first-order valence-electron chi connectivity index (χ1n) is 9.30. The van der Waals surface area contributed by atoms with E-state index in [1.165, 1.54) is 16.1 Å². The lowest BCUT2D eigenvalue weighted by atomic mass is 10.1. The third-order valence-corrected chi connectivity index (χ3v) is 5.57. The number of rotatable bonds is 7. The highest BCUT2D eigenvalue weighted by Gasteiger charge is 2.09. The number of hydrogen-bond donors (Lipinski definition) is 2. The average molecular weight is 369 g/mol. The first kappa shape index (κ1) is 18.5. The monoisotopic (exact) mass is 368 g/mol. The maximum Gasteiger partial charge on any atom is 0.191 e. The lowest BCUT2D eigenvalue weighted by Gasteiger charge is -2.18. The summed E-state index contributed by atoms with van der Waals surface area (Å²) in [5, 5.41) is 8.95. The molecular weight excluding hydrogens is 340 g/mol. The summed E-state index contributed by atoms with van der Waals surface area (Å²) in [6.45, 7) is 8.76. The second-order valence-electron chi connectivity index (χ2n) is 6.54. The Morgan fingerprint density at radius 2 is 2.04 bits per heavy atom. The molecule has 1 unspecified atom stereocenters. The van der Waals surface area contributed by atoms with Crippen molar-refractivity contribution in [3.63, 3.8) is 0 Å². The minimum absolute atomic E-state index is 0.477. The SMILES string of the molecule is CCNC(=NCc1cccc(N2CC=CC2)c1)NCC(C)c1cccs1. The van der Waals surface area contributed by atoms with E-state index in [4.69, 9.17) is 4.99 Å². The van der Waals surface area contributed by atoms with Crippen molar-refractivity contribution in [3.05, 3.63) is 64.4 Å². The number of benzene rings is 1. The maximum atomic E-state index is 4.77. The van der Waals surface area contributed by atoms with Gasteiger partial charge >= 0.3 is 0 Å². The highest BCUT2D eigenvalue weighted by molar-refractivity contribution is 7.10. The van der Waals surface area contributed by atoms with Gasteiger partial charge in [0.25, 0.3) is 0 Å². The van der Waals surface area contributed by atoms with Crippen LogP contribution in [0, 0.1) is 0 Å². The van der Waals surface area contributed by atoms with Crippen LogP contribution >= 0.6 is 11.3 Å². The summed E-state index contributed by atoms with van der Waals surface area (Å²) in [6, 6.07) is 13.0. The summed E-state index contributed by atoms with van der Waals surface area (Å²) in [7, 11) is 0. The third kappa shape index (κ3) is 5.11. The van der Waals surface area contributed by atoms with Gasteiger partial charge in [-0.25, -0.2) is 4.99 Å². The van der Waals surface area contributed by atoms with Crippen LogP contribution in [0.4, 0.5) is 5.69 Å². The van der Waals surface area contributed by atoms with E-state index >= 15 is 0 Å². The van der Waals surface area contributed by atoms with E-state index in [0.717, 1.165) is 32.1 Å². The first-order valence-corrected chi connectivity index (χ1v) is 10.2. The molecule has 0 radical (unpaired) electrons. The van der Waals surface area contributed by atoms with Crippen LogP contribution in [0.5, 0.6) is 0 Å². The molecule has 0 spiro atoms. The van der Waals surface area contributed by atoms with Crippen molar-refractivity contribution >= 4 is 23.0 Å². The Bertz CT molecular complexity index is 728. The van der Waals surface area contributed by atoms with Crippen LogP contribution < -0.4 is 15.5 Å². The molecule has 2 heterocycles. The molecule has 0 bridgehead atoms. The number of nitrogens with one attached hydrogen (secondary N) is 2. The Morgan fingerprint density at radius 3 is 2.77 bits per heavy atom. The van der Waals surface area contributed by atoms with Gasteiger partial charge in [-0.3, -0.25) is 0 Å². The summed E-state index contributed by atoms with van der Waals surface area (Å²) >= 11 is 1.81. The number of guanidine groups is 1. The topological polar surface area (TPSA) is 39.7 Å². The van der Waals surface area contributed by atoms with Gasteiger partial charge in [-0.2, -0.15) is 0 Å². The molecular formula is C21H28N4S. The third-order valence-electron chi connectivity index (χ3n) is 4.46. The Hall–Kier alpha value is -2.27. The number of hydrogen-bond acceptors (Lipinski definition) is 3. The molecule has 1 aromatic carbocycles. The normalized spacial score (nSPS) is 15.3. The van der Waals surface area contributed by atoms with Gasteiger partial charge < -0.3 is 15.5 Å². The van der Waals surface area contributed by atoms with Gasteiger partial charge in [-0.15, -0.1) is 11.3 Å². The fraction of sp³-hybridized carbons (Fsp3) is 0.381. The van der Waals surface area contributed by atoms with Crippen molar-refractivity contribution in [2.45, 2.75) is 26.3 Å². The Kier molecular flexibility index (Phi) is 6.72. The van der Waals surface area contributed by atoms with Crippen LogP contribution in [-0.4, -0.2) is 32.1 Å². The molecule has 5 heteroatoms. The maximum absolute atomic E-state index is 4.77. The minimum Gasteiger partial charge on any atom is -0.364 e. The van der Waals surface area contributed by atoms with Crippen molar-refractivity contribution in [2.24, 2.45) is 4.99 Å². The van der Waals surface area contributed by atoms with Crippen LogP contribution in [0.25, 0.3) is 0 Å². The summed E-state index contributed by atoms with van der Waals surface area (Å²) in [5.41, 5.74) is 2.50. The summed E-state index contributed by atoms with van der Waals surface area (Å²) < 4.78 is 0. The molecule has 1 aliphatic rings. The van der Waals surface area contributed by atoms with Gasteiger partial charge in [-0.05, 0) is 36.1 Å². The van der Waals surface area contributed by atoms with Crippen molar-refractivity contribution in [3.8, 4) is 0 Å². The van der Waals surface area contributed by atoms with E-state index in [-0.39, 0.29) is 0 Å².